The van der Waals surface area contributed by atoms with Gasteiger partial charge in [-0.3, -0.25) is 9.69 Å². The molecule has 1 saturated heterocycles. The summed E-state index contributed by atoms with van der Waals surface area (Å²) in [4.78, 5) is 14.2. The molecular weight excluding hydrogens is 258 g/mol. The van der Waals surface area contributed by atoms with E-state index in [-0.39, 0.29) is 18.1 Å². The van der Waals surface area contributed by atoms with Crippen molar-refractivity contribution in [3.8, 4) is 5.75 Å². The Labute approximate surface area is 118 Å². The van der Waals surface area contributed by atoms with E-state index in [9.17, 15) is 9.90 Å². The minimum atomic E-state index is -0.341. The molecule has 0 aliphatic carbocycles. The van der Waals surface area contributed by atoms with Crippen molar-refractivity contribution in [2.24, 2.45) is 0 Å². The van der Waals surface area contributed by atoms with Gasteiger partial charge in [0.15, 0.2) is 0 Å². The fourth-order valence-corrected chi connectivity index (χ4v) is 2.35. The van der Waals surface area contributed by atoms with Crippen LogP contribution in [0.2, 0.25) is 0 Å². The molecule has 0 spiro atoms. The maximum absolute atomic E-state index is 12.3. The summed E-state index contributed by atoms with van der Waals surface area (Å²) >= 11 is 0. The van der Waals surface area contributed by atoms with E-state index < -0.39 is 0 Å². The Bertz CT molecular complexity index is 493. The van der Waals surface area contributed by atoms with Crippen molar-refractivity contribution < 1.29 is 14.6 Å². The molecular formula is C14H21N3O3. The number of hydrogen-bond donors (Lipinski definition) is 3. The molecule has 1 heterocycles. The predicted octanol–water partition coefficient (Wildman–Crippen LogP) is 0.671. The zero-order chi connectivity index (χ0) is 14.7. The molecule has 2 atom stereocenters. The first-order valence-electron chi connectivity index (χ1n) is 6.67. The molecule has 4 N–H and O–H groups in total. The van der Waals surface area contributed by atoms with Gasteiger partial charge >= 0.3 is 0 Å². The minimum Gasteiger partial charge on any atom is -0.495 e. The molecule has 0 saturated carbocycles. The van der Waals surface area contributed by atoms with Crippen LogP contribution in [0.4, 0.5) is 11.4 Å². The molecule has 20 heavy (non-hydrogen) atoms. The molecule has 0 aromatic heterocycles. The summed E-state index contributed by atoms with van der Waals surface area (Å²) < 4.78 is 5.20. The third kappa shape index (κ3) is 3.20. The molecule has 2 unspecified atom stereocenters. The van der Waals surface area contributed by atoms with Gasteiger partial charge in [-0.1, -0.05) is 0 Å². The van der Waals surface area contributed by atoms with Crippen LogP contribution >= 0.6 is 0 Å². The first kappa shape index (κ1) is 14.6. The number of hydrogen-bond acceptors (Lipinski definition) is 5. The van der Waals surface area contributed by atoms with Crippen LogP contribution in [0, 0.1) is 0 Å². The van der Waals surface area contributed by atoms with E-state index in [2.05, 4.69) is 5.32 Å². The maximum atomic E-state index is 12.3. The highest BCUT2D eigenvalue weighted by Gasteiger charge is 2.28. The standard InChI is InChI=1S/C14H21N3O3/c1-9(17-6-5-11(18)8-17)14(19)16-12-7-10(15)3-4-13(12)20-2/h3-4,7,9,11,18H,5-6,8,15H2,1-2H3,(H,16,19). The number of ether oxygens (including phenoxy) is 1. The molecule has 110 valence electrons. The third-order valence-electron chi connectivity index (χ3n) is 3.60. The van der Waals surface area contributed by atoms with Crippen molar-refractivity contribution in [3.05, 3.63) is 18.2 Å². The lowest BCUT2D eigenvalue weighted by molar-refractivity contribution is -0.120. The van der Waals surface area contributed by atoms with Crippen molar-refractivity contribution in [2.45, 2.75) is 25.5 Å². The smallest absolute Gasteiger partial charge is 0.241 e. The number of rotatable bonds is 4. The number of likely N-dealkylation sites (tertiary alicyclic amines) is 1. The number of carbonyl (C=O) groups excluding carboxylic acids is 1. The van der Waals surface area contributed by atoms with Gasteiger partial charge in [0.25, 0.3) is 0 Å². The molecule has 1 aliphatic rings. The Hall–Kier alpha value is -1.79. The summed E-state index contributed by atoms with van der Waals surface area (Å²) in [5, 5.41) is 12.4. The van der Waals surface area contributed by atoms with E-state index in [0.29, 0.717) is 30.1 Å². The number of methoxy groups -OCH3 is 1. The van der Waals surface area contributed by atoms with Gasteiger partial charge in [0.05, 0.1) is 24.9 Å². The summed E-state index contributed by atoms with van der Waals surface area (Å²) in [7, 11) is 1.54. The number of nitrogens with one attached hydrogen (secondary N) is 1. The monoisotopic (exact) mass is 279 g/mol. The Kier molecular flexibility index (Phi) is 4.46. The molecule has 1 aliphatic heterocycles. The van der Waals surface area contributed by atoms with Crippen LogP contribution in [-0.2, 0) is 4.79 Å². The van der Waals surface area contributed by atoms with Gasteiger partial charge in [0.1, 0.15) is 5.75 Å². The van der Waals surface area contributed by atoms with E-state index >= 15 is 0 Å². The molecule has 1 aromatic rings. The minimum absolute atomic E-state index is 0.136. The van der Waals surface area contributed by atoms with Crippen LogP contribution in [0.1, 0.15) is 13.3 Å². The number of β-amino-alcohol motifs (C(OH)–C–C–N with tert-alkyl or cyclic N) is 1. The lowest BCUT2D eigenvalue weighted by Gasteiger charge is -2.23. The third-order valence-corrected chi connectivity index (χ3v) is 3.60. The highest BCUT2D eigenvalue weighted by atomic mass is 16.5. The van der Waals surface area contributed by atoms with Crippen LogP contribution in [-0.4, -0.2) is 48.3 Å². The summed E-state index contributed by atoms with van der Waals surface area (Å²) in [6, 6.07) is 4.80. The number of anilines is 2. The average Bonchev–Trinajstić information content (AvgIpc) is 2.84. The largest absolute Gasteiger partial charge is 0.495 e. The van der Waals surface area contributed by atoms with E-state index in [4.69, 9.17) is 10.5 Å². The highest BCUT2D eigenvalue weighted by Crippen LogP contribution is 2.27. The number of carbonyl (C=O) groups is 1. The molecule has 1 aromatic carbocycles. The second kappa shape index (κ2) is 6.11. The molecule has 1 fully saturated rings. The van der Waals surface area contributed by atoms with Crippen LogP contribution < -0.4 is 15.8 Å². The molecule has 2 rings (SSSR count). The summed E-state index contributed by atoms with van der Waals surface area (Å²) in [5.74, 6) is 0.434. The Morgan fingerprint density at radius 2 is 2.35 bits per heavy atom. The normalized spacial score (nSPS) is 20.6. The Morgan fingerprint density at radius 1 is 1.60 bits per heavy atom. The van der Waals surface area contributed by atoms with E-state index in [0.717, 1.165) is 6.54 Å². The topological polar surface area (TPSA) is 87.8 Å². The number of amides is 1. The summed E-state index contributed by atoms with van der Waals surface area (Å²) in [6.45, 7) is 3.08. The van der Waals surface area contributed by atoms with Gasteiger partial charge in [-0.2, -0.15) is 0 Å². The van der Waals surface area contributed by atoms with Crippen LogP contribution in [0.25, 0.3) is 0 Å². The number of nitrogens with zero attached hydrogens (tertiary/aromatic N) is 1. The SMILES string of the molecule is COc1ccc(N)cc1NC(=O)C(C)N1CCC(O)C1. The average molecular weight is 279 g/mol. The fourth-order valence-electron chi connectivity index (χ4n) is 2.35. The molecule has 6 nitrogen and oxygen atoms in total. The van der Waals surface area contributed by atoms with Gasteiger partial charge < -0.3 is 20.9 Å². The van der Waals surface area contributed by atoms with Gasteiger partial charge in [-0.05, 0) is 31.5 Å². The van der Waals surface area contributed by atoms with Crippen LogP contribution in [0.5, 0.6) is 5.75 Å². The summed E-state index contributed by atoms with van der Waals surface area (Å²) in [6.07, 6.45) is 0.367. The van der Waals surface area contributed by atoms with Gasteiger partial charge in [-0.15, -0.1) is 0 Å². The lowest BCUT2D eigenvalue weighted by Crippen LogP contribution is -2.41. The maximum Gasteiger partial charge on any atom is 0.241 e. The quantitative estimate of drug-likeness (QED) is 0.705. The summed E-state index contributed by atoms with van der Waals surface area (Å²) in [5.41, 5.74) is 6.84. The first-order valence-corrected chi connectivity index (χ1v) is 6.67. The van der Waals surface area contributed by atoms with Gasteiger partial charge in [0, 0.05) is 18.8 Å². The van der Waals surface area contributed by atoms with E-state index in [1.165, 1.54) is 0 Å². The zero-order valence-corrected chi connectivity index (χ0v) is 11.8. The fraction of sp³-hybridized carbons (Fsp3) is 0.500. The van der Waals surface area contributed by atoms with Gasteiger partial charge in [0.2, 0.25) is 5.91 Å². The molecule has 6 heteroatoms. The van der Waals surface area contributed by atoms with Crippen molar-refractivity contribution in [1.29, 1.82) is 0 Å². The Balaban J connectivity index is 2.05. The van der Waals surface area contributed by atoms with E-state index in [1.54, 1.807) is 25.3 Å². The first-order chi connectivity index (χ1) is 9.51. The second-order valence-corrected chi connectivity index (χ2v) is 5.06. The lowest BCUT2D eigenvalue weighted by atomic mass is 10.2. The van der Waals surface area contributed by atoms with Gasteiger partial charge in [-0.25, -0.2) is 0 Å². The zero-order valence-electron chi connectivity index (χ0n) is 11.8. The van der Waals surface area contributed by atoms with Crippen molar-refractivity contribution in [1.82, 2.24) is 4.90 Å². The molecule has 0 radical (unpaired) electrons. The molecule has 1 amide bonds. The van der Waals surface area contributed by atoms with Crippen LogP contribution in [0.15, 0.2) is 18.2 Å². The second-order valence-electron chi connectivity index (χ2n) is 5.06. The number of nitrogens with two attached hydrogens (primary N) is 1. The number of benzene rings is 1. The number of nitrogen functional groups attached to an aromatic ring is 1. The number of aliphatic hydroxyl groups excluding tert-OH is 1. The van der Waals surface area contributed by atoms with Crippen LogP contribution in [0.3, 0.4) is 0 Å². The molecule has 0 bridgehead atoms. The van der Waals surface area contributed by atoms with Crippen molar-refractivity contribution >= 4 is 17.3 Å². The van der Waals surface area contributed by atoms with Crippen molar-refractivity contribution in [2.75, 3.05) is 31.2 Å². The number of aliphatic hydroxyl groups is 1. The van der Waals surface area contributed by atoms with Crippen molar-refractivity contribution in [3.63, 3.8) is 0 Å². The Morgan fingerprint density at radius 3 is 2.95 bits per heavy atom. The van der Waals surface area contributed by atoms with E-state index in [1.807, 2.05) is 11.8 Å². The highest BCUT2D eigenvalue weighted by molar-refractivity contribution is 5.96. The predicted molar refractivity (Wildman–Crippen MR) is 77.7 cm³/mol.